The first kappa shape index (κ1) is 8.53. The number of carbonyl (C=O) groups excluding carboxylic acids is 1. The monoisotopic (exact) mass is 156 g/mol. The topological polar surface area (TPSA) is 69.1 Å². The fraction of sp³-hybridized carbons (Fsp3) is 0.875. The van der Waals surface area contributed by atoms with Crippen molar-refractivity contribution in [3.63, 3.8) is 0 Å². The van der Waals surface area contributed by atoms with Gasteiger partial charge in [-0.05, 0) is 18.8 Å². The Balaban J connectivity index is 2.28. The molecule has 0 aromatic carbocycles. The van der Waals surface area contributed by atoms with E-state index in [0.29, 0.717) is 12.3 Å². The molecular weight excluding hydrogens is 140 g/mol. The highest BCUT2D eigenvalue weighted by Crippen LogP contribution is 2.27. The number of carbonyl (C=O) groups is 1. The van der Waals surface area contributed by atoms with Crippen LogP contribution in [-0.2, 0) is 4.79 Å². The largest absolute Gasteiger partial charge is 0.370 e. The summed E-state index contributed by atoms with van der Waals surface area (Å²) in [5.41, 5.74) is 10.8. The molecule has 1 rings (SSSR count). The Morgan fingerprint density at radius 3 is 2.45 bits per heavy atom. The first-order valence-electron chi connectivity index (χ1n) is 4.24. The van der Waals surface area contributed by atoms with Gasteiger partial charge in [0.25, 0.3) is 0 Å². The Kier molecular flexibility index (Phi) is 2.88. The van der Waals surface area contributed by atoms with Crippen LogP contribution in [0.1, 0.15) is 32.1 Å². The van der Waals surface area contributed by atoms with Gasteiger partial charge >= 0.3 is 0 Å². The summed E-state index contributed by atoms with van der Waals surface area (Å²) in [6, 6.07) is 0.00926. The molecule has 1 saturated carbocycles. The average molecular weight is 156 g/mol. The average Bonchev–Trinajstić information content (AvgIpc) is 2.35. The first-order chi connectivity index (χ1) is 5.20. The highest BCUT2D eigenvalue weighted by Gasteiger charge is 2.22. The molecule has 0 heterocycles. The summed E-state index contributed by atoms with van der Waals surface area (Å²) >= 11 is 0. The second-order valence-corrected chi connectivity index (χ2v) is 3.38. The SMILES string of the molecule is NC(=O)C[C@@H](N)C1CCCC1. The molecule has 0 bridgehead atoms. The zero-order valence-corrected chi connectivity index (χ0v) is 6.75. The zero-order chi connectivity index (χ0) is 8.27. The summed E-state index contributed by atoms with van der Waals surface area (Å²) in [5.74, 6) is 0.270. The molecule has 1 atom stereocenters. The number of hydrogen-bond donors (Lipinski definition) is 2. The van der Waals surface area contributed by atoms with Crippen molar-refractivity contribution in [3.8, 4) is 0 Å². The Bertz CT molecular complexity index is 141. The Labute approximate surface area is 67.1 Å². The van der Waals surface area contributed by atoms with E-state index in [9.17, 15) is 4.79 Å². The lowest BCUT2D eigenvalue weighted by atomic mass is 9.96. The van der Waals surface area contributed by atoms with Gasteiger partial charge in [0.05, 0.1) is 0 Å². The van der Waals surface area contributed by atoms with E-state index in [1.807, 2.05) is 0 Å². The van der Waals surface area contributed by atoms with Gasteiger partial charge in [0.15, 0.2) is 0 Å². The first-order valence-corrected chi connectivity index (χ1v) is 4.24. The van der Waals surface area contributed by atoms with Crippen LogP contribution in [0.5, 0.6) is 0 Å². The van der Waals surface area contributed by atoms with Gasteiger partial charge < -0.3 is 11.5 Å². The van der Waals surface area contributed by atoms with Crippen LogP contribution in [0.15, 0.2) is 0 Å². The van der Waals surface area contributed by atoms with E-state index < -0.39 is 0 Å². The number of nitrogens with two attached hydrogens (primary N) is 2. The molecule has 4 N–H and O–H groups in total. The molecule has 0 radical (unpaired) electrons. The van der Waals surface area contributed by atoms with Crippen LogP contribution in [-0.4, -0.2) is 11.9 Å². The van der Waals surface area contributed by atoms with Gasteiger partial charge in [-0.1, -0.05) is 12.8 Å². The van der Waals surface area contributed by atoms with Crippen molar-refractivity contribution in [1.29, 1.82) is 0 Å². The maximum Gasteiger partial charge on any atom is 0.218 e. The quantitative estimate of drug-likeness (QED) is 0.620. The van der Waals surface area contributed by atoms with Crippen LogP contribution in [0.25, 0.3) is 0 Å². The third-order valence-corrected chi connectivity index (χ3v) is 2.44. The van der Waals surface area contributed by atoms with Crippen molar-refractivity contribution < 1.29 is 4.79 Å². The van der Waals surface area contributed by atoms with Crippen LogP contribution in [0.3, 0.4) is 0 Å². The maximum absolute atomic E-state index is 10.5. The van der Waals surface area contributed by atoms with E-state index in [0.717, 1.165) is 0 Å². The van der Waals surface area contributed by atoms with E-state index in [2.05, 4.69) is 0 Å². The fourth-order valence-electron chi connectivity index (χ4n) is 1.78. The van der Waals surface area contributed by atoms with Crippen LogP contribution >= 0.6 is 0 Å². The van der Waals surface area contributed by atoms with E-state index in [4.69, 9.17) is 11.5 Å². The highest BCUT2D eigenvalue weighted by molar-refractivity contribution is 5.74. The van der Waals surface area contributed by atoms with Gasteiger partial charge in [0.2, 0.25) is 5.91 Å². The lowest BCUT2D eigenvalue weighted by molar-refractivity contribution is -0.118. The van der Waals surface area contributed by atoms with Gasteiger partial charge in [0.1, 0.15) is 0 Å². The summed E-state index contributed by atoms with van der Waals surface area (Å²) in [7, 11) is 0. The minimum Gasteiger partial charge on any atom is -0.370 e. The molecule has 0 aliphatic heterocycles. The van der Waals surface area contributed by atoms with Gasteiger partial charge in [-0.25, -0.2) is 0 Å². The predicted octanol–water partition coefficient (Wildman–Crippen LogP) is 0.379. The number of amides is 1. The minimum absolute atomic E-state index is 0.00926. The lowest BCUT2D eigenvalue weighted by Crippen LogP contribution is -2.33. The molecule has 1 aliphatic rings. The summed E-state index contributed by atoms with van der Waals surface area (Å²) in [6.07, 6.45) is 5.22. The van der Waals surface area contributed by atoms with Gasteiger partial charge in [-0.3, -0.25) is 4.79 Å². The van der Waals surface area contributed by atoms with Crippen LogP contribution < -0.4 is 11.5 Å². The number of hydrogen-bond acceptors (Lipinski definition) is 2. The van der Waals surface area contributed by atoms with Crippen molar-refractivity contribution in [3.05, 3.63) is 0 Å². The second-order valence-electron chi connectivity index (χ2n) is 3.38. The standard InChI is InChI=1S/C8H16N2O/c9-7(5-8(10)11)6-3-1-2-4-6/h6-7H,1-5,9H2,(H2,10,11)/t7-/m1/s1. The Morgan fingerprint density at radius 1 is 1.45 bits per heavy atom. The molecule has 64 valence electrons. The molecule has 1 aliphatic carbocycles. The summed E-state index contributed by atoms with van der Waals surface area (Å²) < 4.78 is 0. The summed E-state index contributed by atoms with van der Waals surface area (Å²) in [5, 5.41) is 0. The van der Waals surface area contributed by atoms with Crippen molar-refractivity contribution in [2.75, 3.05) is 0 Å². The molecular formula is C8H16N2O. The Morgan fingerprint density at radius 2 is 2.00 bits per heavy atom. The maximum atomic E-state index is 10.5. The molecule has 3 nitrogen and oxygen atoms in total. The molecule has 1 fully saturated rings. The van der Waals surface area contributed by atoms with E-state index >= 15 is 0 Å². The van der Waals surface area contributed by atoms with Crippen molar-refractivity contribution in [1.82, 2.24) is 0 Å². The van der Waals surface area contributed by atoms with Gasteiger partial charge in [0, 0.05) is 12.5 Å². The molecule has 0 spiro atoms. The van der Waals surface area contributed by atoms with Crippen LogP contribution in [0.4, 0.5) is 0 Å². The molecule has 1 amide bonds. The molecule has 0 saturated heterocycles. The van der Waals surface area contributed by atoms with E-state index in [1.54, 1.807) is 0 Å². The predicted molar refractivity (Wildman–Crippen MR) is 43.7 cm³/mol. The van der Waals surface area contributed by atoms with Crippen molar-refractivity contribution >= 4 is 5.91 Å². The smallest absolute Gasteiger partial charge is 0.218 e. The normalized spacial score (nSPS) is 21.9. The van der Waals surface area contributed by atoms with Crippen LogP contribution in [0, 0.1) is 5.92 Å². The summed E-state index contributed by atoms with van der Waals surface area (Å²) in [6.45, 7) is 0. The van der Waals surface area contributed by atoms with Crippen molar-refractivity contribution in [2.24, 2.45) is 17.4 Å². The molecule has 3 heteroatoms. The third-order valence-electron chi connectivity index (χ3n) is 2.44. The van der Waals surface area contributed by atoms with E-state index in [1.165, 1.54) is 25.7 Å². The molecule has 11 heavy (non-hydrogen) atoms. The highest BCUT2D eigenvalue weighted by atomic mass is 16.1. The molecule has 0 unspecified atom stereocenters. The fourth-order valence-corrected chi connectivity index (χ4v) is 1.78. The second kappa shape index (κ2) is 3.72. The van der Waals surface area contributed by atoms with E-state index in [-0.39, 0.29) is 11.9 Å². The van der Waals surface area contributed by atoms with Gasteiger partial charge in [-0.15, -0.1) is 0 Å². The van der Waals surface area contributed by atoms with Crippen LogP contribution in [0.2, 0.25) is 0 Å². The lowest BCUT2D eigenvalue weighted by Gasteiger charge is -2.16. The molecule has 0 aromatic rings. The summed E-state index contributed by atoms with van der Waals surface area (Å²) in [4.78, 5) is 10.5. The third kappa shape index (κ3) is 2.50. The zero-order valence-electron chi connectivity index (χ0n) is 6.75. The minimum atomic E-state index is -0.274. The van der Waals surface area contributed by atoms with Crippen molar-refractivity contribution in [2.45, 2.75) is 38.1 Å². The number of rotatable bonds is 3. The number of primary amides is 1. The van der Waals surface area contributed by atoms with Gasteiger partial charge in [-0.2, -0.15) is 0 Å². The Hall–Kier alpha value is -0.570. The molecule has 0 aromatic heterocycles.